The van der Waals surface area contributed by atoms with E-state index < -0.39 is 18.0 Å². The third-order valence-corrected chi connectivity index (χ3v) is 3.86. The molecule has 4 heteroatoms. The highest BCUT2D eigenvalue weighted by molar-refractivity contribution is 6.00. The van der Waals surface area contributed by atoms with Crippen LogP contribution in [0.4, 0.5) is 0 Å². The van der Waals surface area contributed by atoms with E-state index >= 15 is 0 Å². The zero-order valence-electron chi connectivity index (χ0n) is 13.5. The number of hydrogen-bond donors (Lipinski definition) is 0. The maximum absolute atomic E-state index is 12.8. The number of methoxy groups -OCH3 is 1. The van der Waals surface area contributed by atoms with Crippen molar-refractivity contribution in [2.24, 2.45) is 0 Å². The van der Waals surface area contributed by atoms with E-state index in [9.17, 15) is 4.79 Å². The summed E-state index contributed by atoms with van der Waals surface area (Å²) in [6.45, 7) is 3.64. The summed E-state index contributed by atoms with van der Waals surface area (Å²) in [6, 6.07) is 16.7. The smallest absolute Gasteiger partial charge is 0.194 e. The van der Waals surface area contributed by atoms with Gasteiger partial charge in [0.25, 0.3) is 0 Å². The second-order valence-corrected chi connectivity index (χ2v) is 5.98. The number of benzene rings is 2. The standard InChI is InChI=1S/C19H20O4/c1-19(2)22-17(14-9-11-15(21-3)12-10-14)18(23-19)16(20)13-7-5-4-6-8-13/h4-12,17-18H,1-3H3/t17-,18+/m1/s1. The van der Waals surface area contributed by atoms with Crippen LogP contribution >= 0.6 is 0 Å². The van der Waals surface area contributed by atoms with Crippen molar-refractivity contribution >= 4 is 5.78 Å². The van der Waals surface area contributed by atoms with E-state index in [1.54, 1.807) is 19.2 Å². The summed E-state index contributed by atoms with van der Waals surface area (Å²) >= 11 is 0. The van der Waals surface area contributed by atoms with Crippen LogP contribution in [0.5, 0.6) is 5.75 Å². The maximum atomic E-state index is 12.8. The molecular formula is C19H20O4. The Kier molecular flexibility index (Phi) is 4.20. The minimum absolute atomic E-state index is 0.0722. The lowest BCUT2D eigenvalue weighted by molar-refractivity contribution is -0.143. The van der Waals surface area contributed by atoms with Gasteiger partial charge in [0.1, 0.15) is 11.9 Å². The van der Waals surface area contributed by atoms with Crippen molar-refractivity contribution in [1.29, 1.82) is 0 Å². The molecular weight excluding hydrogens is 292 g/mol. The van der Waals surface area contributed by atoms with Gasteiger partial charge in [-0.1, -0.05) is 42.5 Å². The molecule has 0 radical (unpaired) electrons. The fourth-order valence-electron chi connectivity index (χ4n) is 2.76. The van der Waals surface area contributed by atoms with E-state index in [1.165, 1.54) is 0 Å². The van der Waals surface area contributed by atoms with Gasteiger partial charge in [-0.2, -0.15) is 0 Å². The van der Waals surface area contributed by atoms with Gasteiger partial charge in [-0.05, 0) is 31.5 Å². The third-order valence-electron chi connectivity index (χ3n) is 3.86. The Hall–Kier alpha value is -2.17. The van der Waals surface area contributed by atoms with Crippen molar-refractivity contribution in [1.82, 2.24) is 0 Å². The normalized spacial score (nSPS) is 22.7. The summed E-state index contributed by atoms with van der Waals surface area (Å²) in [4.78, 5) is 12.8. The van der Waals surface area contributed by atoms with E-state index in [0.717, 1.165) is 11.3 Å². The molecule has 23 heavy (non-hydrogen) atoms. The fraction of sp³-hybridized carbons (Fsp3) is 0.316. The number of hydrogen-bond acceptors (Lipinski definition) is 4. The largest absolute Gasteiger partial charge is 0.497 e. The van der Waals surface area contributed by atoms with E-state index in [1.807, 2.05) is 56.3 Å². The summed E-state index contributed by atoms with van der Waals surface area (Å²) in [5.74, 6) is -0.116. The number of carbonyl (C=O) groups is 1. The van der Waals surface area contributed by atoms with Gasteiger partial charge in [0, 0.05) is 5.56 Å². The third kappa shape index (κ3) is 3.28. The molecule has 0 unspecified atom stereocenters. The second-order valence-electron chi connectivity index (χ2n) is 5.98. The molecule has 4 nitrogen and oxygen atoms in total. The van der Waals surface area contributed by atoms with Crippen LogP contribution in [0.15, 0.2) is 54.6 Å². The van der Waals surface area contributed by atoms with Crippen molar-refractivity contribution in [3.63, 3.8) is 0 Å². The lowest BCUT2D eigenvalue weighted by atomic mass is 9.97. The van der Waals surface area contributed by atoms with Crippen molar-refractivity contribution < 1.29 is 19.0 Å². The van der Waals surface area contributed by atoms with Crippen LogP contribution in [0, 0.1) is 0 Å². The Morgan fingerprint density at radius 2 is 1.65 bits per heavy atom. The number of ether oxygens (including phenoxy) is 3. The average Bonchev–Trinajstić information content (AvgIpc) is 2.91. The van der Waals surface area contributed by atoms with Gasteiger partial charge in [-0.3, -0.25) is 4.79 Å². The highest BCUT2D eigenvalue weighted by atomic mass is 16.8. The first-order valence-corrected chi connectivity index (χ1v) is 7.59. The van der Waals surface area contributed by atoms with Crippen LogP contribution in [0.2, 0.25) is 0 Å². The van der Waals surface area contributed by atoms with Gasteiger partial charge in [0.15, 0.2) is 17.7 Å². The van der Waals surface area contributed by atoms with E-state index in [-0.39, 0.29) is 5.78 Å². The van der Waals surface area contributed by atoms with Crippen LogP contribution in [0.1, 0.15) is 35.9 Å². The molecule has 1 saturated heterocycles. The number of Topliss-reactive ketones (excluding diaryl/α,β-unsaturated/α-hetero) is 1. The van der Waals surface area contributed by atoms with Crippen LogP contribution in [0.25, 0.3) is 0 Å². The van der Waals surface area contributed by atoms with Gasteiger partial charge < -0.3 is 14.2 Å². The zero-order valence-corrected chi connectivity index (χ0v) is 13.5. The number of carbonyl (C=O) groups excluding carboxylic acids is 1. The Bertz CT molecular complexity index is 676. The minimum Gasteiger partial charge on any atom is -0.497 e. The summed E-state index contributed by atoms with van der Waals surface area (Å²) < 4.78 is 17.0. The van der Waals surface area contributed by atoms with Crippen LogP contribution in [-0.4, -0.2) is 24.8 Å². The Labute approximate surface area is 136 Å². The van der Waals surface area contributed by atoms with Crippen molar-refractivity contribution in [3.05, 3.63) is 65.7 Å². The maximum Gasteiger partial charge on any atom is 0.194 e. The van der Waals surface area contributed by atoms with E-state index in [4.69, 9.17) is 14.2 Å². The van der Waals surface area contributed by atoms with Crippen LogP contribution < -0.4 is 4.74 Å². The predicted octanol–water partition coefficient (Wildman–Crippen LogP) is 3.77. The molecule has 1 fully saturated rings. The van der Waals surface area contributed by atoms with Gasteiger partial charge in [-0.15, -0.1) is 0 Å². The number of ketones is 1. The molecule has 1 aliphatic rings. The molecule has 2 aromatic rings. The lowest BCUT2D eigenvalue weighted by Crippen LogP contribution is -2.28. The Balaban J connectivity index is 1.91. The van der Waals surface area contributed by atoms with Crippen molar-refractivity contribution in [2.45, 2.75) is 31.8 Å². The molecule has 0 aliphatic carbocycles. The molecule has 0 amide bonds. The molecule has 3 rings (SSSR count). The monoisotopic (exact) mass is 312 g/mol. The van der Waals surface area contributed by atoms with E-state index in [2.05, 4.69) is 0 Å². The quantitative estimate of drug-likeness (QED) is 0.806. The van der Waals surface area contributed by atoms with Crippen LogP contribution in [-0.2, 0) is 9.47 Å². The summed E-state index contributed by atoms with van der Waals surface area (Å²) in [5.41, 5.74) is 1.52. The molecule has 2 aromatic carbocycles. The SMILES string of the molecule is COc1ccc([C@H]2OC(C)(C)O[C@H]2C(=O)c2ccccc2)cc1. The van der Waals surface area contributed by atoms with Crippen LogP contribution in [0.3, 0.4) is 0 Å². The molecule has 120 valence electrons. The highest BCUT2D eigenvalue weighted by Gasteiger charge is 2.45. The Morgan fingerprint density at radius 3 is 2.26 bits per heavy atom. The summed E-state index contributed by atoms with van der Waals surface area (Å²) in [5, 5.41) is 0. The lowest BCUT2D eigenvalue weighted by Gasteiger charge is -2.17. The first-order chi connectivity index (χ1) is 11.0. The second kappa shape index (κ2) is 6.14. The predicted molar refractivity (Wildman–Crippen MR) is 86.5 cm³/mol. The average molecular weight is 312 g/mol. The molecule has 0 aromatic heterocycles. The van der Waals surface area contributed by atoms with Gasteiger partial charge in [0.2, 0.25) is 0 Å². The van der Waals surface area contributed by atoms with Gasteiger partial charge in [-0.25, -0.2) is 0 Å². The molecule has 0 saturated carbocycles. The molecule has 0 bridgehead atoms. The number of rotatable bonds is 4. The molecule has 1 heterocycles. The first-order valence-electron chi connectivity index (χ1n) is 7.59. The highest BCUT2D eigenvalue weighted by Crippen LogP contribution is 2.40. The van der Waals surface area contributed by atoms with Crippen molar-refractivity contribution in [3.8, 4) is 5.75 Å². The molecule has 0 spiro atoms. The van der Waals surface area contributed by atoms with Gasteiger partial charge >= 0.3 is 0 Å². The fourth-order valence-corrected chi connectivity index (χ4v) is 2.76. The zero-order chi connectivity index (χ0) is 16.4. The molecule has 0 N–H and O–H groups in total. The molecule has 2 atom stereocenters. The van der Waals surface area contributed by atoms with E-state index in [0.29, 0.717) is 5.56 Å². The summed E-state index contributed by atoms with van der Waals surface area (Å²) in [7, 11) is 1.62. The molecule has 1 aliphatic heterocycles. The van der Waals surface area contributed by atoms with Crippen molar-refractivity contribution in [2.75, 3.05) is 7.11 Å². The topological polar surface area (TPSA) is 44.8 Å². The summed E-state index contributed by atoms with van der Waals surface area (Å²) in [6.07, 6.45) is -1.11. The first kappa shape index (κ1) is 15.7. The van der Waals surface area contributed by atoms with Gasteiger partial charge in [0.05, 0.1) is 7.11 Å². The minimum atomic E-state index is -0.806. The Morgan fingerprint density at radius 1 is 1.00 bits per heavy atom.